The van der Waals surface area contributed by atoms with Gasteiger partial charge in [-0.25, -0.2) is 0 Å². The Bertz CT molecular complexity index is 138. The van der Waals surface area contributed by atoms with Gasteiger partial charge in [-0.2, -0.15) is 0 Å². The van der Waals surface area contributed by atoms with Crippen LogP contribution in [0.25, 0.3) is 0 Å². The van der Waals surface area contributed by atoms with E-state index in [-0.39, 0.29) is 12.4 Å². The molecule has 1 fully saturated rings. The van der Waals surface area contributed by atoms with Gasteiger partial charge in [0.1, 0.15) is 6.10 Å². The number of unbranched alkanes of at least 4 members (excludes halogenated alkanes) is 3. The van der Waals surface area contributed by atoms with Crippen LogP contribution in [0.4, 0.5) is 0 Å². The van der Waals surface area contributed by atoms with E-state index in [1.807, 2.05) is 0 Å². The highest BCUT2D eigenvalue weighted by Crippen LogP contribution is 2.17. The lowest BCUT2D eigenvalue weighted by molar-refractivity contribution is -0.0728. The summed E-state index contributed by atoms with van der Waals surface area (Å²) in [5.41, 5.74) is 0. The van der Waals surface area contributed by atoms with Gasteiger partial charge in [0.25, 0.3) is 0 Å². The highest BCUT2D eigenvalue weighted by molar-refractivity contribution is 4.64. The molecular formula is C11H22O3. The molecule has 0 N–H and O–H groups in total. The van der Waals surface area contributed by atoms with E-state index in [9.17, 15) is 0 Å². The van der Waals surface area contributed by atoms with Crippen LogP contribution >= 0.6 is 0 Å². The van der Waals surface area contributed by atoms with E-state index >= 15 is 0 Å². The fraction of sp³-hybridized carbons (Fsp3) is 1.00. The van der Waals surface area contributed by atoms with Gasteiger partial charge in [-0.3, -0.25) is 0 Å². The molecule has 1 aliphatic rings. The molecule has 0 aromatic rings. The van der Waals surface area contributed by atoms with Crippen LogP contribution in [0.3, 0.4) is 0 Å². The summed E-state index contributed by atoms with van der Waals surface area (Å²) < 4.78 is 16.1. The molecule has 1 saturated heterocycles. The Morgan fingerprint density at radius 3 is 2.86 bits per heavy atom. The molecule has 0 saturated carbocycles. The van der Waals surface area contributed by atoms with E-state index in [1.54, 1.807) is 7.11 Å². The van der Waals surface area contributed by atoms with Crippen molar-refractivity contribution in [2.45, 2.75) is 51.4 Å². The Morgan fingerprint density at radius 2 is 2.14 bits per heavy atom. The maximum absolute atomic E-state index is 5.63. The van der Waals surface area contributed by atoms with Gasteiger partial charge >= 0.3 is 0 Å². The number of methoxy groups -OCH3 is 1. The smallest absolute Gasteiger partial charge is 0.158 e. The van der Waals surface area contributed by atoms with Crippen LogP contribution in [0.5, 0.6) is 0 Å². The molecule has 1 rings (SSSR count). The summed E-state index contributed by atoms with van der Waals surface area (Å²) >= 11 is 0. The van der Waals surface area contributed by atoms with Crippen LogP contribution in [0.1, 0.15) is 39.0 Å². The van der Waals surface area contributed by atoms with Gasteiger partial charge in [0, 0.05) is 7.11 Å². The van der Waals surface area contributed by atoms with E-state index in [2.05, 4.69) is 6.92 Å². The third-order valence-corrected chi connectivity index (χ3v) is 2.46. The van der Waals surface area contributed by atoms with Gasteiger partial charge in [0.15, 0.2) is 6.29 Å². The molecule has 2 atom stereocenters. The minimum absolute atomic E-state index is 0.0204. The van der Waals surface area contributed by atoms with Crippen LogP contribution in [0.15, 0.2) is 0 Å². The van der Waals surface area contributed by atoms with Gasteiger partial charge in [-0.1, -0.05) is 26.2 Å². The summed E-state index contributed by atoms with van der Waals surface area (Å²) in [5, 5.41) is 0. The summed E-state index contributed by atoms with van der Waals surface area (Å²) in [6.07, 6.45) is 6.28. The van der Waals surface area contributed by atoms with Crippen molar-refractivity contribution >= 4 is 0 Å². The molecule has 84 valence electrons. The second-order valence-corrected chi connectivity index (χ2v) is 3.83. The number of ether oxygens (including phenoxy) is 3. The molecule has 3 heteroatoms. The summed E-state index contributed by atoms with van der Waals surface area (Å²) in [6, 6.07) is 0. The van der Waals surface area contributed by atoms with Gasteiger partial charge in [0.2, 0.25) is 0 Å². The molecule has 0 spiro atoms. The van der Waals surface area contributed by atoms with Gasteiger partial charge in [-0.05, 0) is 12.8 Å². The molecule has 1 heterocycles. The van der Waals surface area contributed by atoms with Crippen LogP contribution in [-0.4, -0.2) is 32.7 Å². The van der Waals surface area contributed by atoms with Crippen LogP contribution in [-0.2, 0) is 14.2 Å². The standard InChI is InChI=1S/C11H22O3/c1-3-4-5-6-7-11-13-9-10(14-11)8-12-2/h10-11H,3-9H2,1-2H3. The third-order valence-electron chi connectivity index (χ3n) is 2.46. The molecule has 3 nitrogen and oxygen atoms in total. The SMILES string of the molecule is CCCCCCC1OCC(COC)O1. The summed E-state index contributed by atoms with van der Waals surface area (Å²) in [5.74, 6) is 0. The number of hydrogen-bond donors (Lipinski definition) is 0. The van der Waals surface area contributed by atoms with Crippen molar-refractivity contribution in [3.8, 4) is 0 Å². The molecule has 0 amide bonds. The first-order valence-electron chi connectivity index (χ1n) is 5.62. The highest BCUT2D eigenvalue weighted by atomic mass is 16.7. The monoisotopic (exact) mass is 202 g/mol. The maximum Gasteiger partial charge on any atom is 0.158 e. The largest absolute Gasteiger partial charge is 0.382 e. The van der Waals surface area contributed by atoms with Crippen LogP contribution < -0.4 is 0 Å². The molecule has 14 heavy (non-hydrogen) atoms. The number of hydrogen-bond acceptors (Lipinski definition) is 3. The lowest BCUT2D eigenvalue weighted by Gasteiger charge is -2.10. The average molecular weight is 202 g/mol. The van der Waals surface area contributed by atoms with Crippen molar-refractivity contribution in [2.24, 2.45) is 0 Å². The molecule has 0 bridgehead atoms. The third kappa shape index (κ3) is 4.40. The van der Waals surface area contributed by atoms with E-state index in [0.29, 0.717) is 13.2 Å². The van der Waals surface area contributed by atoms with Crippen molar-refractivity contribution in [1.29, 1.82) is 0 Å². The van der Waals surface area contributed by atoms with Gasteiger partial charge < -0.3 is 14.2 Å². The van der Waals surface area contributed by atoms with Crippen molar-refractivity contribution in [3.05, 3.63) is 0 Å². The van der Waals surface area contributed by atoms with E-state index < -0.39 is 0 Å². The zero-order chi connectivity index (χ0) is 10.2. The first kappa shape index (κ1) is 12.0. The highest BCUT2D eigenvalue weighted by Gasteiger charge is 2.24. The Morgan fingerprint density at radius 1 is 1.29 bits per heavy atom. The Labute approximate surface area is 86.7 Å². The first-order valence-corrected chi connectivity index (χ1v) is 5.62. The van der Waals surface area contributed by atoms with Crippen LogP contribution in [0, 0.1) is 0 Å². The van der Waals surface area contributed by atoms with Gasteiger partial charge in [-0.15, -0.1) is 0 Å². The fourth-order valence-electron chi connectivity index (χ4n) is 1.67. The van der Waals surface area contributed by atoms with Crippen LogP contribution in [0.2, 0.25) is 0 Å². The Hall–Kier alpha value is -0.120. The quantitative estimate of drug-likeness (QED) is 0.593. The molecule has 0 radical (unpaired) electrons. The predicted octanol–water partition coefficient (Wildman–Crippen LogP) is 2.34. The maximum atomic E-state index is 5.63. The molecule has 0 aromatic carbocycles. The topological polar surface area (TPSA) is 27.7 Å². The minimum atomic E-state index is 0.0204. The van der Waals surface area contributed by atoms with E-state index in [0.717, 1.165) is 6.42 Å². The predicted molar refractivity (Wildman–Crippen MR) is 55.2 cm³/mol. The molecule has 0 aromatic heterocycles. The second-order valence-electron chi connectivity index (χ2n) is 3.83. The van der Waals surface area contributed by atoms with Crippen molar-refractivity contribution in [2.75, 3.05) is 20.3 Å². The minimum Gasteiger partial charge on any atom is -0.382 e. The first-order chi connectivity index (χ1) is 6.86. The van der Waals surface area contributed by atoms with Crippen molar-refractivity contribution in [1.82, 2.24) is 0 Å². The fourth-order valence-corrected chi connectivity index (χ4v) is 1.67. The lowest BCUT2D eigenvalue weighted by Crippen LogP contribution is -2.17. The second kappa shape index (κ2) is 7.21. The van der Waals surface area contributed by atoms with Crippen molar-refractivity contribution < 1.29 is 14.2 Å². The van der Waals surface area contributed by atoms with E-state index in [4.69, 9.17) is 14.2 Å². The van der Waals surface area contributed by atoms with Gasteiger partial charge in [0.05, 0.1) is 13.2 Å². The zero-order valence-corrected chi connectivity index (χ0v) is 9.33. The summed E-state index contributed by atoms with van der Waals surface area (Å²) in [4.78, 5) is 0. The summed E-state index contributed by atoms with van der Waals surface area (Å²) in [7, 11) is 1.69. The zero-order valence-electron chi connectivity index (χ0n) is 9.33. The van der Waals surface area contributed by atoms with Crippen molar-refractivity contribution in [3.63, 3.8) is 0 Å². The number of rotatable bonds is 7. The molecule has 1 aliphatic heterocycles. The molecular weight excluding hydrogens is 180 g/mol. The Kier molecular flexibility index (Phi) is 6.15. The summed E-state index contributed by atoms with van der Waals surface area (Å²) in [6.45, 7) is 3.55. The van der Waals surface area contributed by atoms with E-state index in [1.165, 1.54) is 25.7 Å². The molecule has 2 unspecified atom stereocenters. The molecule has 0 aliphatic carbocycles. The Balaban J connectivity index is 1.98. The normalized spacial score (nSPS) is 27.0. The lowest BCUT2D eigenvalue weighted by atomic mass is 10.1. The average Bonchev–Trinajstić information content (AvgIpc) is 2.61.